The zero-order valence-electron chi connectivity index (χ0n) is 17.8. The monoisotopic (exact) mass is 413 g/mol. The predicted molar refractivity (Wildman–Crippen MR) is 113 cm³/mol. The highest BCUT2D eigenvalue weighted by molar-refractivity contribution is 6.06. The molecule has 0 radical (unpaired) electrons. The van der Waals surface area contributed by atoms with Crippen molar-refractivity contribution in [3.63, 3.8) is 0 Å². The van der Waals surface area contributed by atoms with Gasteiger partial charge in [-0.15, -0.1) is 0 Å². The minimum atomic E-state index is -0.473. The minimum Gasteiger partial charge on any atom is -0.495 e. The summed E-state index contributed by atoms with van der Waals surface area (Å²) in [5.74, 6) is 0.705. The molecule has 2 heterocycles. The molecule has 1 aliphatic carbocycles. The van der Waals surface area contributed by atoms with Crippen molar-refractivity contribution in [2.75, 3.05) is 44.7 Å². The quantitative estimate of drug-likeness (QED) is 0.694. The van der Waals surface area contributed by atoms with E-state index in [1.165, 1.54) is 4.90 Å². The number of ether oxygens (including phenoxy) is 1. The van der Waals surface area contributed by atoms with Crippen LogP contribution in [0, 0.1) is 5.41 Å². The Morgan fingerprint density at radius 1 is 1.03 bits per heavy atom. The van der Waals surface area contributed by atoms with Crippen molar-refractivity contribution in [2.45, 2.75) is 44.9 Å². The number of methoxy groups -OCH3 is 1. The van der Waals surface area contributed by atoms with Crippen LogP contribution in [0.1, 0.15) is 44.9 Å². The molecule has 3 amide bonds. The molecular weight excluding hydrogens is 382 g/mol. The van der Waals surface area contributed by atoms with Gasteiger partial charge in [0.1, 0.15) is 5.75 Å². The van der Waals surface area contributed by atoms with Crippen LogP contribution in [0.5, 0.6) is 5.75 Å². The normalized spacial score (nSPS) is 21.4. The van der Waals surface area contributed by atoms with Crippen LogP contribution in [0.25, 0.3) is 0 Å². The van der Waals surface area contributed by atoms with Gasteiger partial charge in [-0.3, -0.25) is 19.3 Å². The van der Waals surface area contributed by atoms with Crippen LogP contribution in [-0.4, -0.2) is 67.4 Å². The molecule has 0 aromatic heterocycles. The zero-order chi connectivity index (χ0) is 21.1. The molecular formula is C23H31N3O4. The van der Waals surface area contributed by atoms with Gasteiger partial charge in [-0.2, -0.15) is 0 Å². The zero-order valence-corrected chi connectivity index (χ0v) is 17.8. The number of hydrogen-bond acceptors (Lipinski definition) is 5. The van der Waals surface area contributed by atoms with Crippen LogP contribution in [-0.2, 0) is 14.4 Å². The number of benzene rings is 1. The van der Waals surface area contributed by atoms with Gasteiger partial charge in [-0.25, -0.2) is 0 Å². The number of amides is 3. The fraction of sp³-hybridized carbons (Fsp3) is 0.609. The van der Waals surface area contributed by atoms with Crippen molar-refractivity contribution in [3.8, 4) is 5.75 Å². The van der Waals surface area contributed by atoms with Gasteiger partial charge in [0.2, 0.25) is 17.7 Å². The molecule has 1 saturated carbocycles. The van der Waals surface area contributed by atoms with Gasteiger partial charge in [0.15, 0.2) is 0 Å². The van der Waals surface area contributed by atoms with E-state index in [4.69, 9.17) is 4.74 Å². The standard InChI is InChI=1S/C23H31N3O4/c1-30-19-8-4-3-7-18(19)24-13-15-25(16-14-24)20(27)9-12-26-21(28)17-23(22(26)29)10-5-2-6-11-23/h3-4,7-8H,2,5-6,9-17H2,1H3. The Bertz CT molecular complexity index is 810. The second-order valence-electron chi connectivity index (χ2n) is 8.66. The molecule has 2 saturated heterocycles. The largest absolute Gasteiger partial charge is 0.495 e. The second kappa shape index (κ2) is 8.66. The van der Waals surface area contributed by atoms with E-state index in [-0.39, 0.29) is 30.7 Å². The maximum absolute atomic E-state index is 12.9. The van der Waals surface area contributed by atoms with E-state index in [1.54, 1.807) is 7.11 Å². The number of imide groups is 1. The third-order valence-electron chi connectivity index (χ3n) is 6.91. The highest BCUT2D eigenvalue weighted by Crippen LogP contribution is 2.45. The number of nitrogens with zero attached hydrogens (tertiary/aromatic N) is 3. The van der Waals surface area contributed by atoms with E-state index < -0.39 is 5.41 Å². The summed E-state index contributed by atoms with van der Waals surface area (Å²) in [6.45, 7) is 2.93. The van der Waals surface area contributed by atoms with Gasteiger partial charge in [-0.05, 0) is 25.0 Å². The topological polar surface area (TPSA) is 70.2 Å². The Labute approximate surface area is 177 Å². The summed E-state index contributed by atoms with van der Waals surface area (Å²) in [6, 6.07) is 7.90. The lowest BCUT2D eigenvalue weighted by Gasteiger charge is -2.37. The summed E-state index contributed by atoms with van der Waals surface area (Å²) < 4.78 is 5.44. The number of rotatable bonds is 5. The average molecular weight is 414 g/mol. The molecule has 2 aliphatic heterocycles. The number of para-hydroxylation sites is 2. The maximum Gasteiger partial charge on any atom is 0.235 e. The lowest BCUT2D eigenvalue weighted by molar-refractivity contribution is -0.143. The van der Waals surface area contributed by atoms with Crippen molar-refractivity contribution >= 4 is 23.4 Å². The van der Waals surface area contributed by atoms with Gasteiger partial charge in [0, 0.05) is 45.6 Å². The van der Waals surface area contributed by atoms with Crippen LogP contribution in [0.15, 0.2) is 24.3 Å². The lowest BCUT2D eigenvalue weighted by Crippen LogP contribution is -2.49. The fourth-order valence-corrected chi connectivity index (χ4v) is 5.16. The molecule has 162 valence electrons. The number of carbonyl (C=O) groups excluding carboxylic acids is 3. The van der Waals surface area contributed by atoms with Gasteiger partial charge in [0.05, 0.1) is 18.2 Å². The van der Waals surface area contributed by atoms with Crippen molar-refractivity contribution < 1.29 is 19.1 Å². The van der Waals surface area contributed by atoms with Crippen LogP contribution < -0.4 is 9.64 Å². The summed E-state index contributed by atoms with van der Waals surface area (Å²) in [7, 11) is 1.66. The van der Waals surface area contributed by atoms with E-state index in [0.29, 0.717) is 19.5 Å². The Balaban J connectivity index is 1.29. The van der Waals surface area contributed by atoms with Crippen LogP contribution in [0.2, 0.25) is 0 Å². The molecule has 30 heavy (non-hydrogen) atoms. The third kappa shape index (κ3) is 3.89. The Kier molecular flexibility index (Phi) is 5.97. The summed E-state index contributed by atoms with van der Waals surface area (Å²) >= 11 is 0. The summed E-state index contributed by atoms with van der Waals surface area (Å²) in [5.41, 5.74) is 0.566. The van der Waals surface area contributed by atoms with E-state index >= 15 is 0 Å². The summed E-state index contributed by atoms with van der Waals surface area (Å²) in [5, 5.41) is 0. The van der Waals surface area contributed by atoms with Crippen LogP contribution in [0.4, 0.5) is 5.69 Å². The Morgan fingerprint density at radius 2 is 1.73 bits per heavy atom. The van der Waals surface area contributed by atoms with Gasteiger partial charge in [0.25, 0.3) is 0 Å². The third-order valence-corrected chi connectivity index (χ3v) is 6.91. The predicted octanol–water partition coefficient (Wildman–Crippen LogP) is 2.44. The molecule has 7 nitrogen and oxygen atoms in total. The van der Waals surface area contributed by atoms with Gasteiger partial charge < -0.3 is 14.5 Å². The smallest absolute Gasteiger partial charge is 0.235 e. The molecule has 7 heteroatoms. The Morgan fingerprint density at radius 3 is 2.43 bits per heavy atom. The number of anilines is 1. The fourth-order valence-electron chi connectivity index (χ4n) is 5.16. The van der Waals surface area contributed by atoms with Crippen molar-refractivity contribution in [3.05, 3.63) is 24.3 Å². The van der Waals surface area contributed by atoms with E-state index in [1.807, 2.05) is 29.2 Å². The first-order chi connectivity index (χ1) is 14.5. The van der Waals surface area contributed by atoms with Gasteiger partial charge >= 0.3 is 0 Å². The second-order valence-corrected chi connectivity index (χ2v) is 8.66. The number of likely N-dealkylation sites (tertiary alicyclic amines) is 1. The van der Waals surface area contributed by atoms with Gasteiger partial charge in [-0.1, -0.05) is 31.4 Å². The lowest BCUT2D eigenvalue weighted by atomic mass is 9.73. The number of carbonyl (C=O) groups is 3. The van der Waals surface area contributed by atoms with Crippen LogP contribution >= 0.6 is 0 Å². The first kappa shape index (κ1) is 20.7. The minimum absolute atomic E-state index is 0.0138. The van der Waals surface area contributed by atoms with E-state index in [2.05, 4.69) is 4.90 Å². The molecule has 1 spiro atoms. The first-order valence-corrected chi connectivity index (χ1v) is 11.0. The van der Waals surface area contributed by atoms with Crippen LogP contribution in [0.3, 0.4) is 0 Å². The summed E-state index contributed by atoms with van der Waals surface area (Å²) in [4.78, 5) is 43.5. The van der Waals surface area contributed by atoms with E-state index in [0.717, 1.165) is 56.6 Å². The average Bonchev–Trinajstić information content (AvgIpc) is 3.01. The molecule has 4 rings (SSSR count). The maximum atomic E-state index is 12.9. The van der Waals surface area contributed by atoms with Crippen molar-refractivity contribution in [1.82, 2.24) is 9.80 Å². The highest BCUT2D eigenvalue weighted by Gasteiger charge is 2.51. The molecule has 1 aromatic carbocycles. The van der Waals surface area contributed by atoms with E-state index in [9.17, 15) is 14.4 Å². The molecule has 0 atom stereocenters. The van der Waals surface area contributed by atoms with Crippen molar-refractivity contribution in [2.24, 2.45) is 5.41 Å². The highest BCUT2D eigenvalue weighted by atomic mass is 16.5. The molecule has 3 aliphatic rings. The summed E-state index contributed by atoms with van der Waals surface area (Å²) in [6.07, 6.45) is 5.34. The molecule has 3 fully saturated rings. The molecule has 0 unspecified atom stereocenters. The molecule has 0 bridgehead atoms. The molecule has 1 aromatic rings. The Hall–Kier alpha value is -2.57. The van der Waals surface area contributed by atoms with Crippen molar-refractivity contribution in [1.29, 1.82) is 0 Å². The number of piperazine rings is 1. The molecule has 0 N–H and O–H groups in total. The SMILES string of the molecule is COc1ccccc1N1CCN(C(=O)CCN2C(=O)CC3(CCCCC3)C2=O)CC1. The number of hydrogen-bond donors (Lipinski definition) is 0. The first-order valence-electron chi connectivity index (χ1n) is 11.0.